The van der Waals surface area contributed by atoms with Crippen molar-refractivity contribution in [3.63, 3.8) is 0 Å². The minimum Gasteiger partial charge on any atom is -0.295 e. The highest BCUT2D eigenvalue weighted by atomic mass is 32.2. The van der Waals surface area contributed by atoms with Gasteiger partial charge in [-0.2, -0.15) is 0 Å². The first-order valence-electron chi connectivity index (χ1n) is 9.41. The van der Waals surface area contributed by atoms with Crippen LogP contribution < -0.4 is 4.72 Å². The van der Waals surface area contributed by atoms with Gasteiger partial charge in [0, 0.05) is 11.6 Å². The van der Waals surface area contributed by atoms with Crippen molar-refractivity contribution >= 4 is 15.8 Å². The van der Waals surface area contributed by atoms with Gasteiger partial charge in [-0.25, -0.2) is 13.1 Å². The number of Topliss-reactive ketones (excluding diaryl/α,β-unsaturated/α-hetero) is 1. The number of rotatable bonds is 5. The second-order valence-corrected chi connectivity index (χ2v) is 10.4. The van der Waals surface area contributed by atoms with E-state index < -0.39 is 10.0 Å². The smallest absolute Gasteiger partial charge is 0.240 e. The molecule has 1 aromatic carbocycles. The van der Waals surface area contributed by atoms with Gasteiger partial charge in [0.15, 0.2) is 5.78 Å². The molecule has 4 bridgehead atoms. The van der Waals surface area contributed by atoms with Crippen LogP contribution in [0.4, 0.5) is 0 Å². The lowest BCUT2D eigenvalue weighted by molar-refractivity contribution is -0.0666. The summed E-state index contributed by atoms with van der Waals surface area (Å²) in [6.45, 7) is 3.50. The molecule has 5 heteroatoms. The van der Waals surface area contributed by atoms with Crippen LogP contribution >= 0.6 is 0 Å². The van der Waals surface area contributed by atoms with Crippen LogP contribution in [-0.2, 0) is 10.0 Å². The highest BCUT2D eigenvalue weighted by Gasteiger charge is 2.53. The molecule has 4 nitrogen and oxygen atoms in total. The van der Waals surface area contributed by atoms with Gasteiger partial charge in [0.25, 0.3) is 0 Å². The fourth-order valence-corrected chi connectivity index (χ4v) is 7.41. The molecule has 1 aromatic rings. The maximum atomic E-state index is 12.9. The normalized spacial score (nSPS) is 34.9. The fourth-order valence-electron chi connectivity index (χ4n) is 6.02. The molecule has 0 spiro atoms. The Hall–Kier alpha value is -1.20. The van der Waals surface area contributed by atoms with Crippen LogP contribution in [-0.4, -0.2) is 20.2 Å². The zero-order valence-corrected chi connectivity index (χ0v) is 15.8. The zero-order chi connectivity index (χ0) is 17.8. The van der Waals surface area contributed by atoms with Crippen molar-refractivity contribution in [3.05, 3.63) is 29.8 Å². The molecular weight excluding hydrogens is 334 g/mol. The van der Waals surface area contributed by atoms with Gasteiger partial charge < -0.3 is 0 Å². The third kappa shape index (κ3) is 3.06. The summed E-state index contributed by atoms with van der Waals surface area (Å²) >= 11 is 0. The highest BCUT2D eigenvalue weighted by molar-refractivity contribution is 7.89. The van der Waals surface area contributed by atoms with Crippen molar-refractivity contribution in [3.8, 4) is 0 Å². The first kappa shape index (κ1) is 17.2. The van der Waals surface area contributed by atoms with Gasteiger partial charge in [0.1, 0.15) is 0 Å². The molecule has 0 radical (unpaired) electrons. The van der Waals surface area contributed by atoms with Gasteiger partial charge >= 0.3 is 0 Å². The first-order valence-corrected chi connectivity index (χ1v) is 10.9. The Bertz CT molecular complexity index is 764. The van der Waals surface area contributed by atoms with Crippen LogP contribution in [0.1, 0.15) is 62.7 Å². The predicted octanol–water partition coefficient (Wildman–Crippen LogP) is 3.77. The predicted molar refractivity (Wildman–Crippen MR) is 96.8 cm³/mol. The van der Waals surface area contributed by atoms with Crippen molar-refractivity contribution in [1.82, 2.24) is 4.72 Å². The number of carbonyl (C=O) groups excluding carboxylic acids is 1. The number of benzene rings is 1. The number of hydrogen-bond donors (Lipinski definition) is 1. The average molecular weight is 362 g/mol. The molecule has 4 aliphatic carbocycles. The number of ketones is 1. The van der Waals surface area contributed by atoms with Crippen molar-refractivity contribution in [1.29, 1.82) is 0 Å². The van der Waals surface area contributed by atoms with Gasteiger partial charge in [-0.1, -0.05) is 12.1 Å². The van der Waals surface area contributed by atoms with E-state index in [-0.39, 0.29) is 22.1 Å². The molecule has 4 fully saturated rings. The summed E-state index contributed by atoms with van der Waals surface area (Å²) in [4.78, 5) is 11.8. The summed E-state index contributed by atoms with van der Waals surface area (Å²) in [7, 11) is -3.61. The zero-order valence-electron chi connectivity index (χ0n) is 15.0. The van der Waals surface area contributed by atoms with Gasteiger partial charge in [-0.15, -0.1) is 0 Å². The number of carbonyl (C=O) groups is 1. The minimum absolute atomic E-state index is 0.0631. The Morgan fingerprint density at radius 3 is 2.20 bits per heavy atom. The average Bonchev–Trinajstić information content (AvgIpc) is 2.53. The molecule has 25 heavy (non-hydrogen) atoms. The molecule has 5 rings (SSSR count). The van der Waals surface area contributed by atoms with E-state index in [9.17, 15) is 13.2 Å². The molecule has 0 aliphatic heterocycles. The van der Waals surface area contributed by atoms with Crippen LogP contribution in [0.3, 0.4) is 0 Å². The second-order valence-electron chi connectivity index (χ2n) is 8.71. The van der Waals surface area contributed by atoms with E-state index in [1.165, 1.54) is 32.3 Å². The van der Waals surface area contributed by atoms with Crippen LogP contribution in [0.15, 0.2) is 29.2 Å². The van der Waals surface area contributed by atoms with E-state index in [0.29, 0.717) is 5.56 Å². The van der Waals surface area contributed by atoms with E-state index in [4.69, 9.17) is 0 Å². The summed E-state index contributed by atoms with van der Waals surface area (Å²) in [6.07, 6.45) is 7.53. The molecule has 136 valence electrons. The molecule has 0 aromatic heterocycles. The Morgan fingerprint density at radius 2 is 1.68 bits per heavy atom. The second kappa shape index (κ2) is 5.92. The van der Waals surface area contributed by atoms with E-state index in [2.05, 4.69) is 4.72 Å². The Balaban J connectivity index is 1.57. The Morgan fingerprint density at radius 1 is 1.12 bits per heavy atom. The van der Waals surface area contributed by atoms with Crippen molar-refractivity contribution < 1.29 is 13.2 Å². The number of nitrogens with one attached hydrogen (secondary N) is 1. The third-order valence-electron chi connectivity index (χ3n) is 6.89. The molecular formula is C20H27NO3S. The quantitative estimate of drug-likeness (QED) is 0.812. The number of hydrogen-bond acceptors (Lipinski definition) is 3. The number of sulfonamides is 1. The molecule has 1 N–H and O–H groups in total. The highest BCUT2D eigenvalue weighted by Crippen LogP contribution is 2.61. The lowest BCUT2D eigenvalue weighted by Crippen LogP contribution is -2.55. The molecule has 4 saturated carbocycles. The molecule has 0 amide bonds. The SMILES string of the molecule is CC(=O)c1cccc(S(=O)(=O)N[C@@H](C)C23CC4CC(CC(C4)C2)C3)c1. The van der Waals surface area contributed by atoms with E-state index in [0.717, 1.165) is 37.0 Å². The maximum Gasteiger partial charge on any atom is 0.240 e. The molecule has 1 atom stereocenters. The van der Waals surface area contributed by atoms with Gasteiger partial charge in [-0.3, -0.25) is 4.79 Å². The van der Waals surface area contributed by atoms with Gasteiger partial charge in [-0.05, 0) is 87.7 Å². The van der Waals surface area contributed by atoms with Gasteiger partial charge in [0.05, 0.1) is 4.90 Å². The first-order chi connectivity index (χ1) is 11.8. The summed E-state index contributed by atoms with van der Waals surface area (Å²) in [6, 6.07) is 6.29. The van der Waals surface area contributed by atoms with Crippen molar-refractivity contribution in [2.75, 3.05) is 0 Å². The van der Waals surface area contributed by atoms with Crippen LogP contribution in [0.2, 0.25) is 0 Å². The Kier molecular flexibility index (Phi) is 4.08. The largest absolute Gasteiger partial charge is 0.295 e. The molecule has 0 heterocycles. The minimum atomic E-state index is -3.61. The van der Waals surface area contributed by atoms with Crippen LogP contribution in [0.5, 0.6) is 0 Å². The maximum absolute atomic E-state index is 12.9. The molecule has 0 unspecified atom stereocenters. The summed E-state index contributed by atoms with van der Waals surface area (Å²) in [5, 5.41) is 0. The molecule has 0 saturated heterocycles. The third-order valence-corrected chi connectivity index (χ3v) is 8.43. The summed E-state index contributed by atoms with van der Waals surface area (Å²) in [5.41, 5.74) is 0.560. The monoisotopic (exact) mass is 361 g/mol. The van der Waals surface area contributed by atoms with Crippen molar-refractivity contribution in [2.45, 2.75) is 63.3 Å². The van der Waals surface area contributed by atoms with E-state index in [1.54, 1.807) is 18.2 Å². The molecule has 4 aliphatic rings. The standard InChI is InChI=1S/C20H27NO3S/c1-13(22)18-4-3-5-19(9-18)25(23,24)21-14(2)20-10-15-6-16(11-20)8-17(7-15)12-20/h3-5,9,14-17,21H,6-8,10-12H2,1-2H3/t14-,15?,16?,17?,20?/m0/s1. The van der Waals surface area contributed by atoms with Crippen LogP contribution in [0, 0.1) is 23.2 Å². The fraction of sp³-hybridized carbons (Fsp3) is 0.650. The van der Waals surface area contributed by atoms with E-state index in [1.807, 2.05) is 6.92 Å². The van der Waals surface area contributed by atoms with Crippen molar-refractivity contribution in [2.24, 2.45) is 23.2 Å². The summed E-state index contributed by atoms with van der Waals surface area (Å²) in [5.74, 6) is 2.25. The van der Waals surface area contributed by atoms with Gasteiger partial charge in [0.2, 0.25) is 10.0 Å². The summed E-state index contributed by atoms with van der Waals surface area (Å²) < 4.78 is 28.7. The van der Waals surface area contributed by atoms with Crippen LogP contribution in [0.25, 0.3) is 0 Å². The lowest BCUT2D eigenvalue weighted by Gasteiger charge is -2.59. The lowest BCUT2D eigenvalue weighted by atomic mass is 9.48. The van der Waals surface area contributed by atoms with E-state index >= 15 is 0 Å². The topological polar surface area (TPSA) is 63.2 Å². The Labute approximate surface area is 150 Å².